The molecule has 0 aromatic heterocycles. The number of hydrogen-bond donors (Lipinski definition) is 2. The van der Waals surface area contributed by atoms with E-state index in [1.54, 1.807) is 48.5 Å². The summed E-state index contributed by atoms with van der Waals surface area (Å²) in [6.45, 7) is 6.21. The maximum absolute atomic E-state index is 12.4. The van der Waals surface area contributed by atoms with E-state index >= 15 is 0 Å². The van der Waals surface area contributed by atoms with Crippen molar-refractivity contribution in [3.8, 4) is 0 Å². The highest BCUT2D eigenvalue weighted by molar-refractivity contribution is 7.90. The van der Waals surface area contributed by atoms with Crippen molar-refractivity contribution in [3.63, 3.8) is 0 Å². The first-order valence-electron chi connectivity index (χ1n) is 10.9. The standard InChI is InChI=1S/C23H29N5O3S/c1-27-14-16-28(17-15-27)13-5-4-12-24-23(29)18-8-10-19(11-9-18)25-22-20-6-2-3-7-21(20)32(30,31)26-22/h2-3,6-11H,4-5,12-17H2,1H3,(H,24,29)(H,25,26). The first kappa shape index (κ1) is 22.4. The van der Waals surface area contributed by atoms with Gasteiger partial charge in [0, 0.05) is 49.5 Å². The van der Waals surface area contributed by atoms with Gasteiger partial charge in [0.25, 0.3) is 15.9 Å². The maximum Gasteiger partial charge on any atom is 0.285 e. The van der Waals surface area contributed by atoms with E-state index in [0.29, 0.717) is 23.4 Å². The number of unbranched alkanes of at least 4 members (excludes halogenated alkanes) is 1. The van der Waals surface area contributed by atoms with Crippen LogP contribution in [-0.2, 0) is 10.0 Å². The van der Waals surface area contributed by atoms with Crippen LogP contribution in [0.4, 0.5) is 5.69 Å². The van der Waals surface area contributed by atoms with Gasteiger partial charge in [0.2, 0.25) is 0 Å². The highest BCUT2D eigenvalue weighted by Gasteiger charge is 2.28. The summed E-state index contributed by atoms with van der Waals surface area (Å²) in [5, 5.41) is 6.02. The number of benzene rings is 2. The zero-order chi connectivity index (χ0) is 22.6. The molecule has 170 valence electrons. The van der Waals surface area contributed by atoms with E-state index in [9.17, 15) is 13.2 Å². The largest absolute Gasteiger partial charge is 0.352 e. The van der Waals surface area contributed by atoms with Crippen LogP contribution in [0.15, 0.2) is 57.8 Å². The summed E-state index contributed by atoms with van der Waals surface area (Å²) in [7, 11) is -1.51. The highest BCUT2D eigenvalue weighted by Crippen LogP contribution is 2.26. The van der Waals surface area contributed by atoms with E-state index in [-0.39, 0.29) is 16.6 Å². The molecule has 0 unspecified atom stereocenters. The van der Waals surface area contributed by atoms with Gasteiger partial charge in [-0.3, -0.25) is 4.79 Å². The van der Waals surface area contributed by atoms with E-state index in [4.69, 9.17) is 0 Å². The lowest BCUT2D eigenvalue weighted by Crippen LogP contribution is -2.44. The Bertz CT molecular complexity index is 1090. The van der Waals surface area contributed by atoms with Crippen LogP contribution >= 0.6 is 0 Å². The molecule has 2 heterocycles. The Kier molecular flexibility index (Phi) is 6.88. The Hall–Kier alpha value is -2.75. The zero-order valence-corrected chi connectivity index (χ0v) is 19.1. The summed E-state index contributed by atoms with van der Waals surface area (Å²) in [5.41, 5.74) is 1.78. The van der Waals surface area contributed by atoms with Gasteiger partial charge in [0.05, 0.1) is 0 Å². The van der Waals surface area contributed by atoms with Crippen molar-refractivity contribution in [2.24, 2.45) is 4.40 Å². The van der Waals surface area contributed by atoms with Gasteiger partial charge in [-0.1, -0.05) is 12.1 Å². The predicted octanol–water partition coefficient (Wildman–Crippen LogP) is 2.00. The molecule has 0 saturated carbocycles. The number of nitrogens with one attached hydrogen (secondary N) is 2. The number of rotatable bonds is 7. The normalized spacial score (nSPS) is 18.1. The van der Waals surface area contributed by atoms with Crippen LogP contribution in [0.25, 0.3) is 0 Å². The number of amides is 1. The van der Waals surface area contributed by atoms with Gasteiger partial charge in [-0.2, -0.15) is 8.42 Å². The molecule has 0 bridgehead atoms. The third kappa shape index (κ3) is 5.35. The molecule has 9 heteroatoms. The minimum Gasteiger partial charge on any atom is -0.352 e. The Morgan fingerprint density at radius 1 is 1.00 bits per heavy atom. The number of sulfonamides is 1. The number of amidine groups is 1. The molecule has 0 radical (unpaired) electrons. The summed E-state index contributed by atoms with van der Waals surface area (Å²) in [5.74, 6) is 0.181. The molecule has 0 atom stereocenters. The number of likely N-dealkylation sites (N-methyl/N-ethyl adjacent to an activating group) is 1. The van der Waals surface area contributed by atoms with Crippen LogP contribution in [0, 0.1) is 0 Å². The first-order chi connectivity index (χ1) is 15.4. The Labute approximate surface area is 189 Å². The molecule has 2 aromatic rings. The third-order valence-corrected chi connectivity index (χ3v) is 7.16. The first-order valence-corrected chi connectivity index (χ1v) is 12.4. The molecule has 2 aliphatic heterocycles. The fourth-order valence-electron chi connectivity index (χ4n) is 3.87. The molecule has 1 amide bonds. The van der Waals surface area contributed by atoms with Crippen LogP contribution in [0.1, 0.15) is 28.8 Å². The van der Waals surface area contributed by atoms with Crippen LogP contribution in [0.3, 0.4) is 0 Å². The second-order valence-corrected chi connectivity index (χ2v) is 9.79. The molecule has 2 aromatic carbocycles. The fourth-order valence-corrected chi connectivity index (χ4v) is 5.05. The van der Waals surface area contributed by atoms with Gasteiger partial charge in [-0.15, -0.1) is 4.40 Å². The summed E-state index contributed by atoms with van der Waals surface area (Å²) in [4.78, 5) is 17.4. The van der Waals surface area contributed by atoms with Crippen molar-refractivity contribution in [2.45, 2.75) is 17.7 Å². The molecule has 0 spiro atoms. The van der Waals surface area contributed by atoms with Gasteiger partial charge in [0.1, 0.15) is 4.90 Å². The van der Waals surface area contributed by atoms with Crippen molar-refractivity contribution >= 4 is 27.5 Å². The molecule has 1 fully saturated rings. The minimum absolute atomic E-state index is 0.109. The molecule has 2 N–H and O–H groups in total. The van der Waals surface area contributed by atoms with Crippen molar-refractivity contribution in [2.75, 3.05) is 51.6 Å². The Balaban J connectivity index is 1.24. The zero-order valence-electron chi connectivity index (χ0n) is 18.3. The monoisotopic (exact) mass is 455 g/mol. The second kappa shape index (κ2) is 9.81. The van der Waals surface area contributed by atoms with Crippen molar-refractivity contribution in [1.82, 2.24) is 15.1 Å². The molecular weight excluding hydrogens is 426 g/mol. The average molecular weight is 456 g/mol. The smallest absolute Gasteiger partial charge is 0.285 e. The lowest BCUT2D eigenvalue weighted by atomic mass is 10.1. The quantitative estimate of drug-likeness (QED) is 0.621. The van der Waals surface area contributed by atoms with Gasteiger partial charge in [0.15, 0.2) is 5.84 Å². The maximum atomic E-state index is 12.4. The summed E-state index contributed by atoms with van der Waals surface area (Å²) >= 11 is 0. The van der Waals surface area contributed by atoms with E-state index in [0.717, 1.165) is 45.6 Å². The molecular formula is C23H29N5O3S. The number of nitrogens with zero attached hydrogens (tertiary/aromatic N) is 3. The van der Waals surface area contributed by atoms with Gasteiger partial charge < -0.3 is 20.4 Å². The van der Waals surface area contributed by atoms with Crippen LogP contribution < -0.4 is 10.6 Å². The molecule has 0 aliphatic carbocycles. The van der Waals surface area contributed by atoms with Crippen LogP contribution in [-0.4, -0.2) is 76.3 Å². The molecule has 8 nitrogen and oxygen atoms in total. The van der Waals surface area contributed by atoms with Gasteiger partial charge >= 0.3 is 0 Å². The predicted molar refractivity (Wildman–Crippen MR) is 126 cm³/mol. The molecule has 2 aliphatic rings. The number of fused-ring (bicyclic) bond motifs is 1. The number of anilines is 1. The summed E-state index contributed by atoms with van der Waals surface area (Å²) < 4.78 is 28.2. The highest BCUT2D eigenvalue weighted by atomic mass is 32.2. The number of carbonyl (C=O) groups is 1. The second-order valence-electron chi connectivity index (χ2n) is 8.22. The number of carbonyl (C=O) groups excluding carboxylic acids is 1. The molecule has 1 saturated heterocycles. The number of piperazine rings is 1. The van der Waals surface area contributed by atoms with Gasteiger partial charge in [-0.05, 0) is 62.8 Å². The van der Waals surface area contributed by atoms with E-state index in [2.05, 4.69) is 31.9 Å². The van der Waals surface area contributed by atoms with Gasteiger partial charge in [-0.25, -0.2) is 0 Å². The topological polar surface area (TPSA) is 94.1 Å². The fraction of sp³-hybridized carbons (Fsp3) is 0.391. The van der Waals surface area contributed by atoms with E-state index in [1.807, 2.05) is 0 Å². The lowest BCUT2D eigenvalue weighted by molar-refractivity contribution is 0.0952. The van der Waals surface area contributed by atoms with Crippen LogP contribution in [0.2, 0.25) is 0 Å². The van der Waals surface area contributed by atoms with E-state index in [1.165, 1.54) is 0 Å². The SMILES string of the molecule is CN1CCN(CCCCNC(=O)c2ccc(NC3=NS(=O)(=O)c4ccccc43)cc2)CC1. The third-order valence-electron chi connectivity index (χ3n) is 5.82. The summed E-state index contributed by atoms with van der Waals surface area (Å²) in [6, 6.07) is 13.6. The van der Waals surface area contributed by atoms with Crippen molar-refractivity contribution < 1.29 is 13.2 Å². The Morgan fingerprint density at radius 2 is 1.72 bits per heavy atom. The summed E-state index contributed by atoms with van der Waals surface area (Å²) in [6.07, 6.45) is 2.02. The molecule has 4 rings (SSSR count). The van der Waals surface area contributed by atoms with Crippen molar-refractivity contribution in [1.29, 1.82) is 0 Å². The van der Waals surface area contributed by atoms with E-state index < -0.39 is 10.0 Å². The molecule has 32 heavy (non-hydrogen) atoms. The number of hydrogen-bond acceptors (Lipinski definition) is 6. The Morgan fingerprint density at radius 3 is 2.47 bits per heavy atom. The lowest BCUT2D eigenvalue weighted by Gasteiger charge is -2.32. The minimum atomic E-state index is -3.67. The van der Waals surface area contributed by atoms with Crippen LogP contribution in [0.5, 0.6) is 0 Å². The van der Waals surface area contributed by atoms with Crippen molar-refractivity contribution in [3.05, 3.63) is 59.7 Å². The average Bonchev–Trinajstić information content (AvgIpc) is 3.05.